The molecule has 0 bridgehead atoms. The molecule has 72 valence electrons. The van der Waals surface area contributed by atoms with Gasteiger partial charge in [0.05, 0.1) is 5.51 Å². The summed E-state index contributed by atoms with van der Waals surface area (Å²) in [6.07, 6.45) is 0. The van der Waals surface area contributed by atoms with Crippen LogP contribution in [0.5, 0.6) is 0 Å². The quantitative estimate of drug-likeness (QED) is 0.591. The normalized spacial score (nSPS) is 11.4. The van der Waals surface area contributed by atoms with Gasteiger partial charge < -0.3 is 4.74 Å². The van der Waals surface area contributed by atoms with Crippen molar-refractivity contribution in [2.24, 2.45) is 0 Å². The summed E-state index contributed by atoms with van der Waals surface area (Å²) in [5.41, 5.74) is 1.20. The number of carbonyl (C=O) groups excluding carboxylic acids is 1. The number of thiazole rings is 1. The minimum atomic E-state index is -0.440. The Morgan fingerprint density at radius 3 is 2.62 bits per heavy atom. The molecule has 1 heterocycles. The fourth-order valence-corrected chi connectivity index (χ4v) is 2.17. The number of esters is 1. The van der Waals surface area contributed by atoms with Crippen molar-refractivity contribution < 1.29 is 9.53 Å². The highest BCUT2D eigenvalue weighted by atomic mass is 127. The first-order valence-corrected chi connectivity index (χ1v) is 5.68. The highest BCUT2D eigenvalue weighted by Gasteiger charge is 2.21. The zero-order valence-electron chi connectivity index (χ0n) is 7.63. The second-order valence-electron chi connectivity index (χ2n) is 3.47. The smallest absolute Gasteiger partial charge is 0.351 e. The number of aromatic nitrogens is 1. The lowest BCUT2D eigenvalue weighted by molar-refractivity contribution is 0.00738. The van der Waals surface area contributed by atoms with Gasteiger partial charge in [0.15, 0.2) is 0 Å². The highest BCUT2D eigenvalue weighted by Crippen LogP contribution is 2.19. The number of carbonyl (C=O) groups is 1. The molecule has 0 N–H and O–H groups in total. The lowest BCUT2D eigenvalue weighted by atomic mass is 10.2. The predicted molar refractivity (Wildman–Crippen MR) is 60.0 cm³/mol. The van der Waals surface area contributed by atoms with Crippen LogP contribution >= 0.6 is 33.9 Å². The Balaban J connectivity index is 2.76. The van der Waals surface area contributed by atoms with Crippen LogP contribution in [-0.2, 0) is 4.74 Å². The zero-order valence-corrected chi connectivity index (χ0v) is 10.6. The minimum absolute atomic E-state index is 0.292. The van der Waals surface area contributed by atoms with Gasteiger partial charge in [0.1, 0.15) is 14.2 Å². The molecule has 1 aromatic heterocycles. The molecular weight excluding hydrogens is 301 g/mol. The largest absolute Gasteiger partial charge is 0.456 e. The lowest BCUT2D eigenvalue weighted by Gasteiger charge is -2.18. The standard InChI is InChI=1S/C8H10INO2S/c1-8(2,3)12-7(11)5-6(9)10-4-13-5/h4H,1-3H3. The van der Waals surface area contributed by atoms with E-state index in [1.807, 2.05) is 43.4 Å². The molecule has 13 heavy (non-hydrogen) atoms. The van der Waals surface area contributed by atoms with Crippen LogP contribution in [-0.4, -0.2) is 16.6 Å². The molecule has 0 amide bonds. The topological polar surface area (TPSA) is 39.2 Å². The molecule has 5 heteroatoms. The summed E-state index contributed by atoms with van der Waals surface area (Å²) in [6.45, 7) is 5.54. The van der Waals surface area contributed by atoms with Crippen molar-refractivity contribution in [2.75, 3.05) is 0 Å². The van der Waals surface area contributed by atoms with Crippen LogP contribution in [0, 0.1) is 3.70 Å². The van der Waals surface area contributed by atoms with Crippen LogP contribution in [0.2, 0.25) is 0 Å². The summed E-state index contributed by atoms with van der Waals surface area (Å²) < 4.78 is 5.90. The third-order valence-electron chi connectivity index (χ3n) is 1.11. The number of ether oxygens (including phenoxy) is 1. The molecular formula is C8H10INO2S. The molecule has 0 aliphatic heterocycles. The summed E-state index contributed by atoms with van der Waals surface area (Å²) >= 11 is 3.33. The number of nitrogens with zero attached hydrogens (tertiary/aromatic N) is 1. The number of rotatable bonds is 1. The lowest BCUT2D eigenvalue weighted by Crippen LogP contribution is -2.23. The van der Waals surface area contributed by atoms with Gasteiger partial charge in [-0.2, -0.15) is 0 Å². The molecule has 0 aliphatic rings. The maximum Gasteiger partial charge on any atom is 0.351 e. The summed E-state index contributed by atoms with van der Waals surface area (Å²) in [7, 11) is 0. The number of hydrogen-bond donors (Lipinski definition) is 0. The molecule has 1 aromatic rings. The fraction of sp³-hybridized carbons (Fsp3) is 0.500. The average molecular weight is 311 g/mol. The molecule has 0 unspecified atom stereocenters. The van der Waals surface area contributed by atoms with Crippen molar-refractivity contribution >= 4 is 39.9 Å². The van der Waals surface area contributed by atoms with Gasteiger partial charge in [-0.15, -0.1) is 11.3 Å². The van der Waals surface area contributed by atoms with E-state index in [1.54, 1.807) is 5.51 Å². The van der Waals surface area contributed by atoms with Crippen LogP contribution in [0.15, 0.2) is 5.51 Å². The summed E-state index contributed by atoms with van der Waals surface area (Å²) in [5.74, 6) is -0.292. The summed E-state index contributed by atoms with van der Waals surface area (Å²) in [5, 5.41) is 0. The second-order valence-corrected chi connectivity index (χ2v) is 5.35. The third kappa shape index (κ3) is 3.22. The van der Waals surface area contributed by atoms with Gasteiger partial charge in [0.25, 0.3) is 0 Å². The van der Waals surface area contributed by atoms with E-state index in [0.717, 1.165) is 0 Å². The first-order chi connectivity index (χ1) is 5.90. The van der Waals surface area contributed by atoms with Crippen LogP contribution in [0.25, 0.3) is 0 Å². The van der Waals surface area contributed by atoms with Crippen molar-refractivity contribution in [3.63, 3.8) is 0 Å². The monoisotopic (exact) mass is 311 g/mol. The van der Waals surface area contributed by atoms with E-state index < -0.39 is 5.60 Å². The zero-order chi connectivity index (χ0) is 10.1. The predicted octanol–water partition coefficient (Wildman–Crippen LogP) is 2.70. The van der Waals surface area contributed by atoms with E-state index in [0.29, 0.717) is 8.58 Å². The van der Waals surface area contributed by atoms with Crippen LogP contribution < -0.4 is 0 Å². The van der Waals surface area contributed by atoms with E-state index in [2.05, 4.69) is 4.98 Å². The molecule has 0 atom stereocenters. The Morgan fingerprint density at radius 2 is 2.23 bits per heavy atom. The van der Waals surface area contributed by atoms with Gasteiger partial charge >= 0.3 is 5.97 Å². The number of hydrogen-bond acceptors (Lipinski definition) is 4. The molecule has 0 saturated carbocycles. The summed E-state index contributed by atoms with van der Waals surface area (Å²) in [4.78, 5) is 16.0. The molecule has 3 nitrogen and oxygen atoms in total. The van der Waals surface area contributed by atoms with E-state index in [9.17, 15) is 4.79 Å². The average Bonchev–Trinajstić information content (AvgIpc) is 2.30. The van der Waals surface area contributed by atoms with Crippen molar-refractivity contribution in [1.29, 1.82) is 0 Å². The Kier molecular flexibility index (Phi) is 3.28. The van der Waals surface area contributed by atoms with Crippen LogP contribution in [0.1, 0.15) is 30.4 Å². The van der Waals surface area contributed by atoms with Crippen molar-refractivity contribution in [3.8, 4) is 0 Å². The van der Waals surface area contributed by atoms with Gasteiger partial charge in [0, 0.05) is 0 Å². The molecule has 0 aromatic carbocycles. The van der Waals surface area contributed by atoms with E-state index in [1.165, 1.54) is 11.3 Å². The van der Waals surface area contributed by atoms with E-state index >= 15 is 0 Å². The van der Waals surface area contributed by atoms with E-state index in [4.69, 9.17) is 4.74 Å². The van der Waals surface area contributed by atoms with Crippen LogP contribution in [0.3, 0.4) is 0 Å². The number of halogens is 1. The second kappa shape index (κ2) is 3.91. The molecule has 0 spiro atoms. The van der Waals surface area contributed by atoms with Gasteiger partial charge in [-0.05, 0) is 43.4 Å². The van der Waals surface area contributed by atoms with Gasteiger partial charge in [-0.25, -0.2) is 9.78 Å². The van der Waals surface area contributed by atoms with Crippen molar-refractivity contribution in [2.45, 2.75) is 26.4 Å². The third-order valence-corrected chi connectivity index (χ3v) is 3.10. The minimum Gasteiger partial charge on any atom is -0.456 e. The molecule has 1 rings (SSSR count). The SMILES string of the molecule is CC(C)(C)OC(=O)c1scnc1I. The maximum atomic E-state index is 11.5. The molecule has 0 radical (unpaired) electrons. The first kappa shape index (κ1) is 10.9. The van der Waals surface area contributed by atoms with Gasteiger partial charge in [-0.3, -0.25) is 0 Å². The Hall–Kier alpha value is -0.170. The van der Waals surface area contributed by atoms with Crippen LogP contribution in [0.4, 0.5) is 0 Å². The highest BCUT2D eigenvalue weighted by molar-refractivity contribution is 14.1. The van der Waals surface area contributed by atoms with E-state index in [-0.39, 0.29) is 5.97 Å². The van der Waals surface area contributed by atoms with Crippen molar-refractivity contribution in [3.05, 3.63) is 14.1 Å². The van der Waals surface area contributed by atoms with Crippen molar-refractivity contribution in [1.82, 2.24) is 4.98 Å². The Morgan fingerprint density at radius 1 is 1.62 bits per heavy atom. The van der Waals surface area contributed by atoms with Gasteiger partial charge in [-0.1, -0.05) is 0 Å². The Labute approximate surface area is 94.7 Å². The molecule has 0 saturated heterocycles. The Bertz CT molecular complexity index is 316. The van der Waals surface area contributed by atoms with Gasteiger partial charge in [0.2, 0.25) is 0 Å². The summed E-state index contributed by atoms with van der Waals surface area (Å²) in [6, 6.07) is 0. The first-order valence-electron chi connectivity index (χ1n) is 3.72. The molecule has 0 aliphatic carbocycles. The maximum absolute atomic E-state index is 11.5. The molecule has 0 fully saturated rings. The fourth-order valence-electron chi connectivity index (χ4n) is 0.689.